The minimum absolute atomic E-state index is 0.0127. The van der Waals surface area contributed by atoms with Crippen LogP contribution in [0.2, 0.25) is 0 Å². The van der Waals surface area contributed by atoms with Crippen molar-refractivity contribution in [2.75, 3.05) is 26.3 Å². The number of quaternary nitrogens is 1. The highest BCUT2D eigenvalue weighted by atomic mass is 19.1. The molecule has 2 aromatic rings. The average molecular weight is 371 g/mol. The number of ether oxygens (including phenoxy) is 2. The van der Waals surface area contributed by atoms with Gasteiger partial charge in [0.2, 0.25) is 0 Å². The van der Waals surface area contributed by atoms with Crippen molar-refractivity contribution in [3.63, 3.8) is 0 Å². The highest BCUT2D eigenvalue weighted by molar-refractivity contribution is 5.76. The molecule has 4 rings (SSSR count). The normalized spacial score (nSPS) is 21.1. The van der Waals surface area contributed by atoms with Gasteiger partial charge in [-0.25, -0.2) is 4.39 Å². The first-order valence-electron chi connectivity index (χ1n) is 9.44. The van der Waals surface area contributed by atoms with Crippen molar-refractivity contribution in [1.29, 1.82) is 0 Å². The van der Waals surface area contributed by atoms with E-state index in [1.54, 1.807) is 12.1 Å². The van der Waals surface area contributed by atoms with Gasteiger partial charge in [-0.2, -0.15) is 0 Å². The maximum Gasteiger partial charge on any atom is 0.275 e. The Labute approximate surface area is 158 Å². The van der Waals surface area contributed by atoms with Crippen molar-refractivity contribution in [2.24, 2.45) is 0 Å². The molecule has 2 N–H and O–H groups in total. The molecule has 6 heteroatoms. The van der Waals surface area contributed by atoms with Crippen LogP contribution >= 0.6 is 0 Å². The molecule has 142 valence electrons. The van der Waals surface area contributed by atoms with E-state index in [0.29, 0.717) is 26.3 Å². The van der Waals surface area contributed by atoms with Gasteiger partial charge in [0, 0.05) is 24.9 Å². The maximum absolute atomic E-state index is 13.0. The molecule has 2 aliphatic heterocycles. The Morgan fingerprint density at radius 2 is 1.89 bits per heavy atom. The largest absolute Gasteiger partial charge is 0.486 e. The number of carbonyl (C=O) groups is 1. The van der Waals surface area contributed by atoms with Crippen LogP contribution in [-0.2, 0) is 11.3 Å². The Kier molecular flexibility index (Phi) is 5.25. The number of likely N-dealkylation sites (tertiary alicyclic amines) is 1. The van der Waals surface area contributed by atoms with Crippen LogP contribution in [0.5, 0.6) is 11.5 Å². The van der Waals surface area contributed by atoms with E-state index in [9.17, 15) is 9.18 Å². The second-order valence-corrected chi connectivity index (χ2v) is 7.09. The molecule has 2 aromatic carbocycles. The average Bonchev–Trinajstić information content (AvgIpc) is 3.15. The molecule has 2 aliphatic rings. The van der Waals surface area contributed by atoms with E-state index < -0.39 is 0 Å². The molecule has 1 fully saturated rings. The third-order valence-electron chi connectivity index (χ3n) is 5.24. The number of nitrogens with one attached hydrogen (secondary N) is 2. The number of amides is 1. The van der Waals surface area contributed by atoms with Gasteiger partial charge < -0.3 is 19.7 Å². The monoisotopic (exact) mass is 371 g/mol. The number of benzene rings is 2. The Morgan fingerprint density at radius 1 is 1.11 bits per heavy atom. The summed E-state index contributed by atoms with van der Waals surface area (Å²) >= 11 is 0. The third kappa shape index (κ3) is 4.22. The fourth-order valence-corrected chi connectivity index (χ4v) is 3.87. The van der Waals surface area contributed by atoms with Crippen LogP contribution in [0.1, 0.15) is 30.0 Å². The predicted octanol–water partition coefficient (Wildman–Crippen LogP) is 1.63. The first-order chi connectivity index (χ1) is 13.2. The highest BCUT2D eigenvalue weighted by Crippen LogP contribution is 2.33. The van der Waals surface area contributed by atoms with Crippen LogP contribution in [0, 0.1) is 5.82 Å². The molecule has 2 heterocycles. The maximum atomic E-state index is 13.0. The predicted molar refractivity (Wildman–Crippen MR) is 98.4 cm³/mol. The van der Waals surface area contributed by atoms with E-state index in [1.165, 1.54) is 22.6 Å². The number of carbonyl (C=O) groups excluding carboxylic acids is 1. The van der Waals surface area contributed by atoms with Crippen molar-refractivity contribution in [3.8, 4) is 11.5 Å². The molecule has 0 bridgehead atoms. The second-order valence-electron chi connectivity index (χ2n) is 7.09. The lowest BCUT2D eigenvalue weighted by Gasteiger charge is -2.24. The molecular formula is C21H24FN2O3+. The topological polar surface area (TPSA) is 52.0 Å². The minimum Gasteiger partial charge on any atom is -0.486 e. The molecule has 0 spiro atoms. The summed E-state index contributed by atoms with van der Waals surface area (Å²) in [5.74, 6) is 1.33. The fourth-order valence-electron chi connectivity index (χ4n) is 3.87. The fraction of sp³-hybridized carbons (Fsp3) is 0.381. The van der Waals surface area contributed by atoms with Gasteiger partial charge in [-0.05, 0) is 35.9 Å². The number of halogens is 1. The molecule has 5 nitrogen and oxygen atoms in total. The lowest BCUT2D eigenvalue weighted by Crippen LogP contribution is -3.11. The molecular weight excluding hydrogens is 347 g/mol. The lowest BCUT2D eigenvalue weighted by atomic mass is 10.0. The van der Waals surface area contributed by atoms with E-state index in [4.69, 9.17) is 9.47 Å². The summed E-state index contributed by atoms with van der Waals surface area (Å²) in [6, 6.07) is 12.6. The summed E-state index contributed by atoms with van der Waals surface area (Å²) in [7, 11) is 0. The molecule has 0 radical (unpaired) electrons. The zero-order chi connectivity index (χ0) is 18.6. The molecule has 1 saturated heterocycles. The number of rotatable bonds is 5. The SMILES string of the molecule is O=C(C[NH+]1CCC[C@H]1c1ccc2c(c1)OCCO2)NCc1ccc(F)cc1. The minimum atomic E-state index is -0.270. The van der Waals surface area contributed by atoms with Gasteiger partial charge in [-0.3, -0.25) is 4.79 Å². The lowest BCUT2D eigenvalue weighted by molar-refractivity contribution is -0.910. The second kappa shape index (κ2) is 7.96. The van der Waals surface area contributed by atoms with Crippen molar-refractivity contribution in [3.05, 3.63) is 59.4 Å². The van der Waals surface area contributed by atoms with E-state index in [-0.39, 0.29) is 17.8 Å². The van der Waals surface area contributed by atoms with E-state index >= 15 is 0 Å². The Morgan fingerprint density at radius 3 is 2.70 bits per heavy atom. The van der Waals surface area contributed by atoms with E-state index in [0.717, 1.165) is 36.4 Å². The van der Waals surface area contributed by atoms with Crippen LogP contribution in [0.15, 0.2) is 42.5 Å². The zero-order valence-electron chi connectivity index (χ0n) is 15.2. The summed E-state index contributed by atoms with van der Waals surface area (Å²) in [6.45, 7) is 2.98. The van der Waals surface area contributed by atoms with E-state index in [2.05, 4.69) is 17.4 Å². The highest BCUT2D eigenvalue weighted by Gasteiger charge is 2.32. The summed E-state index contributed by atoms with van der Waals surface area (Å²) in [6.07, 6.45) is 2.15. The Hall–Kier alpha value is -2.60. The van der Waals surface area contributed by atoms with Gasteiger partial charge in [0.15, 0.2) is 18.0 Å². The summed E-state index contributed by atoms with van der Waals surface area (Å²) in [5.41, 5.74) is 2.09. The van der Waals surface area contributed by atoms with Crippen LogP contribution < -0.4 is 19.7 Å². The van der Waals surface area contributed by atoms with Gasteiger partial charge in [-0.1, -0.05) is 12.1 Å². The molecule has 0 aromatic heterocycles. The first-order valence-corrected chi connectivity index (χ1v) is 9.44. The van der Waals surface area contributed by atoms with Gasteiger partial charge >= 0.3 is 0 Å². The van der Waals surface area contributed by atoms with Gasteiger partial charge in [0.25, 0.3) is 5.91 Å². The number of fused-ring (bicyclic) bond motifs is 1. The van der Waals surface area contributed by atoms with Gasteiger partial charge in [-0.15, -0.1) is 0 Å². The standard InChI is InChI=1S/C21H23FN2O3/c22-17-6-3-15(4-7-17)13-23-21(25)14-24-9-1-2-18(24)16-5-8-19-20(12-16)27-11-10-26-19/h3-8,12,18H,1-2,9-11,13-14H2,(H,23,25)/p+1/t18-/m0/s1. The van der Waals surface area contributed by atoms with Crippen LogP contribution in [0.25, 0.3) is 0 Å². The quantitative estimate of drug-likeness (QED) is 0.840. The first kappa shape index (κ1) is 17.8. The molecule has 1 unspecified atom stereocenters. The van der Waals surface area contributed by atoms with E-state index in [1.807, 2.05) is 6.07 Å². The third-order valence-corrected chi connectivity index (χ3v) is 5.24. The van der Waals surface area contributed by atoms with Crippen LogP contribution in [-0.4, -0.2) is 32.2 Å². The summed E-state index contributed by atoms with van der Waals surface area (Å²) in [4.78, 5) is 13.7. The summed E-state index contributed by atoms with van der Waals surface area (Å²) < 4.78 is 24.2. The van der Waals surface area contributed by atoms with Crippen molar-refractivity contribution in [1.82, 2.24) is 5.32 Å². The Bertz CT molecular complexity index is 810. The summed E-state index contributed by atoms with van der Waals surface area (Å²) in [5, 5.41) is 2.94. The molecule has 27 heavy (non-hydrogen) atoms. The van der Waals surface area contributed by atoms with Gasteiger partial charge in [0.05, 0.1) is 6.54 Å². The zero-order valence-corrected chi connectivity index (χ0v) is 15.2. The van der Waals surface area contributed by atoms with Crippen molar-refractivity contribution < 1.29 is 23.6 Å². The van der Waals surface area contributed by atoms with Gasteiger partial charge in [0.1, 0.15) is 25.1 Å². The van der Waals surface area contributed by atoms with Crippen molar-refractivity contribution >= 4 is 5.91 Å². The number of hydrogen-bond donors (Lipinski definition) is 2. The smallest absolute Gasteiger partial charge is 0.275 e. The van der Waals surface area contributed by atoms with Crippen LogP contribution in [0.4, 0.5) is 4.39 Å². The molecule has 0 aliphatic carbocycles. The number of hydrogen-bond acceptors (Lipinski definition) is 3. The molecule has 1 amide bonds. The Balaban J connectivity index is 1.36. The van der Waals surface area contributed by atoms with Crippen LogP contribution in [0.3, 0.4) is 0 Å². The molecule has 0 saturated carbocycles. The van der Waals surface area contributed by atoms with Crippen molar-refractivity contribution in [2.45, 2.75) is 25.4 Å². The molecule has 2 atom stereocenters.